The van der Waals surface area contributed by atoms with Gasteiger partial charge in [0.25, 0.3) is 11.7 Å². The summed E-state index contributed by atoms with van der Waals surface area (Å²) in [6.45, 7) is 7.44. The Morgan fingerprint density at radius 1 is 1.16 bits per heavy atom. The Balaban J connectivity index is 1.76. The third-order valence-corrected chi connectivity index (χ3v) is 6.99. The smallest absolute Gasteiger partial charge is 0.354 e. The van der Waals surface area contributed by atoms with Gasteiger partial charge >= 0.3 is 5.97 Å². The first-order chi connectivity index (χ1) is 17.8. The van der Waals surface area contributed by atoms with Crippen LogP contribution in [0.4, 0.5) is 0 Å². The number of esters is 1. The van der Waals surface area contributed by atoms with E-state index in [9.17, 15) is 19.5 Å². The largest absolute Gasteiger partial charge is 0.507 e. The fraction of sp³-hybridized carbons (Fsp3) is 0.444. The number of carbonyl (C=O) groups excluding carboxylic acids is 3. The maximum Gasteiger partial charge on any atom is 0.354 e. The third kappa shape index (κ3) is 5.12. The van der Waals surface area contributed by atoms with Crippen LogP contribution in [0.15, 0.2) is 29.8 Å². The molecule has 1 aromatic carbocycles. The second kappa shape index (κ2) is 11.2. The van der Waals surface area contributed by atoms with Gasteiger partial charge < -0.3 is 29.2 Å². The topological polar surface area (TPSA) is 121 Å². The number of benzene rings is 1. The number of amides is 1. The minimum absolute atomic E-state index is 0.0220. The molecule has 4 rings (SSSR count). The van der Waals surface area contributed by atoms with Crippen LogP contribution >= 0.6 is 0 Å². The molecular formula is C27H33N3O7. The number of aliphatic hydroxyl groups is 1. The van der Waals surface area contributed by atoms with Crippen LogP contribution < -0.4 is 4.74 Å². The fourth-order valence-corrected chi connectivity index (χ4v) is 5.10. The molecule has 2 fully saturated rings. The molecule has 10 nitrogen and oxygen atoms in total. The lowest BCUT2D eigenvalue weighted by Gasteiger charge is -2.29. The minimum Gasteiger partial charge on any atom is -0.507 e. The van der Waals surface area contributed by atoms with E-state index in [1.54, 1.807) is 45.2 Å². The number of likely N-dealkylation sites (tertiary alicyclic amines) is 1. The average molecular weight is 512 g/mol. The molecule has 2 aliphatic heterocycles. The summed E-state index contributed by atoms with van der Waals surface area (Å²) in [7, 11) is 2.81. The minimum atomic E-state index is -0.810. The molecule has 2 aromatic rings. The number of aryl methyl sites for hydroxylation is 1. The van der Waals surface area contributed by atoms with Gasteiger partial charge in [0.2, 0.25) is 0 Å². The zero-order valence-electron chi connectivity index (χ0n) is 21.6. The zero-order chi connectivity index (χ0) is 26.7. The summed E-state index contributed by atoms with van der Waals surface area (Å²) in [5.74, 6) is -1.79. The Kier molecular flexibility index (Phi) is 7.99. The number of aliphatic hydroxyl groups excluding tert-OH is 1. The predicted molar refractivity (Wildman–Crippen MR) is 135 cm³/mol. The summed E-state index contributed by atoms with van der Waals surface area (Å²) in [5.41, 5.74) is 2.03. The summed E-state index contributed by atoms with van der Waals surface area (Å²) >= 11 is 0. The highest BCUT2D eigenvalue weighted by atomic mass is 16.5. The van der Waals surface area contributed by atoms with Crippen LogP contribution in [-0.4, -0.2) is 91.2 Å². The molecule has 1 amide bonds. The zero-order valence-corrected chi connectivity index (χ0v) is 21.6. The molecule has 198 valence electrons. The number of morpholine rings is 1. The molecule has 2 N–H and O–H groups in total. The monoisotopic (exact) mass is 511 g/mol. The van der Waals surface area contributed by atoms with Crippen molar-refractivity contribution in [3.63, 3.8) is 0 Å². The van der Waals surface area contributed by atoms with E-state index in [-0.39, 0.29) is 17.0 Å². The first kappa shape index (κ1) is 26.4. The van der Waals surface area contributed by atoms with Crippen LogP contribution in [-0.2, 0) is 19.1 Å². The van der Waals surface area contributed by atoms with Gasteiger partial charge in [-0.25, -0.2) is 4.79 Å². The number of hydrogen-bond donors (Lipinski definition) is 2. The van der Waals surface area contributed by atoms with Crippen molar-refractivity contribution in [1.29, 1.82) is 0 Å². The van der Waals surface area contributed by atoms with E-state index in [1.165, 1.54) is 12.0 Å². The van der Waals surface area contributed by atoms with E-state index in [2.05, 4.69) is 9.88 Å². The molecule has 0 spiro atoms. The molecule has 37 heavy (non-hydrogen) atoms. The molecule has 2 saturated heterocycles. The standard InChI is InChI=1S/C27H33N3O7/c1-16-20(17(2)28-22(16)27(34)36-4)24(31)21-23(18-7-5-8-19(15-18)35-3)30(26(33)25(21)32)10-6-9-29-11-13-37-14-12-29/h5,7-8,15,23,28,31H,6,9-14H2,1-4H3/b24-21+/t23-/m0/s1. The van der Waals surface area contributed by atoms with Gasteiger partial charge in [-0.2, -0.15) is 0 Å². The summed E-state index contributed by atoms with van der Waals surface area (Å²) < 4.78 is 15.6. The van der Waals surface area contributed by atoms with Gasteiger partial charge in [-0.1, -0.05) is 12.1 Å². The quantitative estimate of drug-likeness (QED) is 0.240. The van der Waals surface area contributed by atoms with Gasteiger partial charge in [0.1, 0.15) is 17.2 Å². The predicted octanol–water partition coefficient (Wildman–Crippen LogP) is 2.57. The molecule has 3 heterocycles. The van der Waals surface area contributed by atoms with Crippen LogP contribution in [0.1, 0.15) is 45.3 Å². The molecule has 0 saturated carbocycles. The Labute approximate surface area is 215 Å². The van der Waals surface area contributed by atoms with Gasteiger partial charge in [-0.3, -0.25) is 14.5 Å². The van der Waals surface area contributed by atoms with E-state index in [0.29, 0.717) is 54.3 Å². The highest BCUT2D eigenvalue weighted by molar-refractivity contribution is 6.46. The Bertz CT molecular complexity index is 1230. The highest BCUT2D eigenvalue weighted by Gasteiger charge is 2.46. The third-order valence-electron chi connectivity index (χ3n) is 6.99. The Morgan fingerprint density at radius 3 is 2.57 bits per heavy atom. The van der Waals surface area contributed by atoms with Gasteiger partial charge in [-0.15, -0.1) is 0 Å². The number of rotatable bonds is 8. The van der Waals surface area contributed by atoms with Crippen molar-refractivity contribution < 1.29 is 33.7 Å². The van der Waals surface area contributed by atoms with Crippen molar-refractivity contribution in [2.24, 2.45) is 0 Å². The van der Waals surface area contributed by atoms with Gasteiger partial charge in [0.05, 0.1) is 39.0 Å². The summed E-state index contributed by atoms with van der Waals surface area (Å²) in [4.78, 5) is 45.6. The summed E-state index contributed by atoms with van der Waals surface area (Å²) in [5, 5.41) is 11.5. The number of aromatic amines is 1. The van der Waals surface area contributed by atoms with Crippen LogP contribution in [0.3, 0.4) is 0 Å². The number of carbonyl (C=O) groups is 3. The van der Waals surface area contributed by atoms with Crippen LogP contribution in [0.5, 0.6) is 5.75 Å². The number of aromatic nitrogens is 1. The highest BCUT2D eigenvalue weighted by Crippen LogP contribution is 2.41. The number of H-pyrrole nitrogens is 1. The lowest BCUT2D eigenvalue weighted by Crippen LogP contribution is -2.38. The number of Topliss-reactive ketones (excluding diaryl/α,β-unsaturated/α-hetero) is 1. The first-order valence-corrected chi connectivity index (χ1v) is 12.3. The van der Waals surface area contributed by atoms with Crippen molar-refractivity contribution in [3.05, 3.63) is 57.9 Å². The van der Waals surface area contributed by atoms with E-state index in [4.69, 9.17) is 14.2 Å². The number of ether oxygens (including phenoxy) is 3. The molecule has 0 bridgehead atoms. The molecule has 10 heteroatoms. The molecule has 2 aliphatic rings. The van der Waals surface area contributed by atoms with Crippen molar-refractivity contribution in [3.8, 4) is 5.75 Å². The number of nitrogens with one attached hydrogen (secondary N) is 1. The molecule has 0 unspecified atom stereocenters. The van der Waals surface area contributed by atoms with Crippen LogP contribution in [0, 0.1) is 13.8 Å². The number of hydrogen-bond acceptors (Lipinski definition) is 8. The van der Waals surface area contributed by atoms with Gasteiger partial charge in [0.15, 0.2) is 0 Å². The number of ketones is 1. The molecule has 1 aromatic heterocycles. The van der Waals surface area contributed by atoms with Crippen molar-refractivity contribution in [2.45, 2.75) is 26.3 Å². The van der Waals surface area contributed by atoms with E-state index in [1.807, 2.05) is 0 Å². The summed E-state index contributed by atoms with van der Waals surface area (Å²) in [6.07, 6.45) is 0.655. The lowest BCUT2D eigenvalue weighted by molar-refractivity contribution is -0.140. The molecular weight excluding hydrogens is 478 g/mol. The van der Waals surface area contributed by atoms with E-state index in [0.717, 1.165) is 19.6 Å². The molecule has 0 aliphatic carbocycles. The van der Waals surface area contributed by atoms with Gasteiger partial charge in [-0.05, 0) is 43.5 Å². The SMILES string of the molecule is COC(=O)c1[nH]c(C)c(/C(O)=C2\C(=O)C(=O)N(CCCN3CCOCC3)[C@H]2c2cccc(OC)c2)c1C. The van der Waals surface area contributed by atoms with E-state index >= 15 is 0 Å². The molecule has 1 atom stereocenters. The lowest BCUT2D eigenvalue weighted by atomic mass is 9.94. The van der Waals surface area contributed by atoms with Crippen LogP contribution in [0.2, 0.25) is 0 Å². The second-order valence-electron chi connectivity index (χ2n) is 9.19. The Hall–Kier alpha value is -3.63. The maximum absolute atomic E-state index is 13.4. The van der Waals surface area contributed by atoms with Crippen molar-refractivity contribution in [1.82, 2.24) is 14.8 Å². The Morgan fingerprint density at radius 2 is 1.89 bits per heavy atom. The number of methoxy groups -OCH3 is 2. The fourth-order valence-electron chi connectivity index (χ4n) is 5.10. The average Bonchev–Trinajstić information content (AvgIpc) is 3.35. The molecule has 0 radical (unpaired) electrons. The maximum atomic E-state index is 13.4. The van der Waals surface area contributed by atoms with Crippen molar-refractivity contribution in [2.75, 3.05) is 53.6 Å². The van der Waals surface area contributed by atoms with Crippen molar-refractivity contribution >= 4 is 23.4 Å². The second-order valence-corrected chi connectivity index (χ2v) is 9.19. The summed E-state index contributed by atoms with van der Waals surface area (Å²) in [6, 6.07) is 6.31. The normalized spacial score (nSPS) is 19.9. The number of nitrogens with zero attached hydrogens (tertiary/aromatic N) is 2. The van der Waals surface area contributed by atoms with Crippen LogP contribution in [0.25, 0.3) is 5.76 Å². The first-order valence-electron chi connectivity index (χ1n) is 12.3. The van der Waals surface area contributed by atoms with E-state index < -0.39 is 23.7 Å². The van der Waals surface area contributed by atoms with Gasteiger partial charge in [0, 0.05) is 37.4 Å².